The van der Waals surface area contributed by atoms with Crippen LogP contribution in [-0.2, 0) is 21.7 Å². The van der Waals surface area contributed by atoms with Crippen molar-refractivity contribution in [2.45, 2.75) is 18.6 Å². The largest absolute Gasteiger partial charge is 0.375 e. The van der Waals surface area contributed by atoms with E-state index in [0.29, 0.717) is 16.3 Å². The maximum atomic E-state index is 13.3. The van der Waals surface area contributed by atoms with E-state index in [1.54, 1.807) is 36.4 Å². The zero-order valence-electron chi connectivity index (χ0n) is 16.2. The van der Waals surface area contributed by atoms with E-state index in [-0.39, 0.29) is 18.7 Å². The number of hydrogen-bond donors (Lipinski definition) is 1. The highest BCUT2D eigenvalue weighted by Gasteiger charge is 2.50. The van der Waals surface area contributed by atoms with Gasteiger partial charge in [-0.05, 0) is 29.3 Å². The highest BCUT2D eigenvalue weighted by atomic mass is 35.5. The van der Waals surface area contributed by atoms with Gasteiger partial charge in [0.15, 0.2) is 11.4 Å². The van der Waals surface area contributed by atoms with Crippen LogP contribution in [0.3, 0.4) is 0 Å². The Morgan fingerprint density at radius 1 is 0.967 bits per heavy atom. The zero-order chi connectivity index (χ0) is 21.1. The van der Waals surface area contributed by atoms with Crippen molar-refractivity contribution < 1.29 is 14.7 Å². The number of amides is 1. The summed E-state index contributed by atoms with van der Waals surface area (Å²) in [6.45, 7) is 0.214. The Morgan fingerprint density at radius 2 is 1.63 bits per heavy atom. The molecule has 0 unspecified atom stereocenters. The Hall–Kier alpha value is -3.21. The fourth-order valence-electron chi connectivity index (χ4n) is 3.70. The van der Waals surface area contributed by atoms with E-state index in [2.05, 4.69) is 0 Å². The molecule has 1 aliphatic rings. The lowest BCUT2D eigenvalue weighted by molar-refractivity contribution is -0.140. The summed E-state index contributed by atoms with van der Waals surface area (Å²) in [5.41, 5.74) is 0.752. The number of allylic oxidation sites excluding steroid dienone is 1. The second kappa shape index (κ2) is 8.27. The van der Waals surface area contributed by atoms with Gasteiger partial charge in [-0.3, -0.25) is 9.59 Å². The summed E-state index contributed by atoms with van der Waals surface area (Å²) in [5, 5.41) is 11.9. The lowest BCUT2D eigenvalue weighted by atomic mass is 9.89. The summed E-state index contributed by atoms with van der Waals surface area (Å²) >= 11 is 6.27. The van der Waals surface area contributed by atoms with E-state index in [1.165, 1.54) is 11.0 Å². The number of rotatable bonds is 6. The maximum absolute atomic E-state index is 13.3. The molecule has 0 aromatic heterocycles. The predicted molar refractivity (Wildman–Crippen MR) is 118 cm³/mol. The minimum atomic E-state index is -1.91. The van der Waals surface area contributed by atoms with E-state index in [0.717, 1.165) is 11.1 Å². The summed E-state index contributed by atoms with van der Waals surface area (Å²) in [7, 11) is 0. The SMILES string of the molecule is O=C(/C=C/c1ccccc1)C[C@]1(O)C(=O)N(Cc2ccccc2Cl)c2ccccc21. The normalized spacial score (nSPS) is 18.1. The van der Waals surface area contributed by atoms with Crippen LogP contribution in [0.2, 0.25) is 5.02 Å². The summed E-state index contributed by atoms with van der Waals surface area (Å²) in [5.74, 6) is -0.853. The van der Waals surface area contributed by atoms with Crippen LogP contribution in [0.4, 0.5) is 5.69 Å². The van der Waals surface area contributed by atoms with Gasteiger partial charge in [-0.2, -0.15) is 0 Å². The van der Waals surface area contributed by atoms with E-state index < -0.39 is 11.5 Å². The first-order valence-corrected chi connectivity index (χ1v) is 10.00. The molecule has 0 radical (unpaired) electrons. The molecule has 150 valence electrons. The van der Waals surface area contributed by atoms with E-state index in [9.17, 15) is 14.7 Å². The van der Waals surface area contributed by atoms with Crippen molar-refractivity contribution in [3.8, 4) is 0 Å². The van der Waals surface area contributed by atoms with Gasteiger partial charge in [-0.15, -0.1) is 0 Å². The first kappa shape index (κ1) is 20.1. The number of aliphatic hydroxyl groups is 1. The van der Waals surface area contributed by atoms with Crippen LogP contribution in [0.5, 0.6) is 0 Å². The molecule has 3 aromatic rings. The molecule has 1 heterocycles. The van der Waals surface area contributed by atoms with Crippen LogP contribution in [-0.4, -0.2) is 16.8 Å². The third-order valence-electron chi connectivity index (χ3n) is 5.22. The monoisotopic (exact) mass is 417 g/mol. The quantitative estimate of drug-likeness (QED) is 0.589. The molecule has 0 aliphatic carbocycles. The van der Waals surface area contributed by atoms with Crippen molar-refractivity contribution in [3.63, 3.8) is 0 Å². The highest BCUT2D eigenvalue weighted by molar-refractivity contribution is 6.31. The number of carbonyl (C=O) groups is 2. The van der Waals surface area contributed by atoms with Crippen LogP contribution in [0.1, 0.15) is 23.1 Å². The van der Waals surface area contributed by atoms with Gasteiger partial charge in [-0.25, -0.2) is 0 Å². The van der Waals surface area contributed by atoms with Crippen molar-refractivity contribution in [1.29, 1.82) is 0 Å². The molecule has 0 saturated heterocycles. The number of halogens is 1. The molecule has 30 heavy (non-hydrogen) atoms. The lowest BCUT2D eigenvalue weighted by Crippen LogP contribution is -2.41. The predicted octanol–water partition coefficient (Wildman–Crippen LogP) is 4.75. The number of para-hydroxylation sites is 1. The molecule has 3 aromatic carbocycles. The summed E-state index contributed by atoms with van der Waals surface area (Å²) < 4.78 is 0. The Bertz CT molecular complexity index is 1130. The zero-order valence-corrected chi connectivity index (χ0v) is 16.9. The first-order valence-electron chi connectivity index (χ1n) is 9.62. The number of hydrogen-bond acceptors (Lipinski definition) is 3. The first-order chi connectivity index (χ1) is 14.5. The van der Waals surface area contributed by atoms with Crippen LogP contribution in [0, 0.1) is 0 Å². The van der Waals surface area contributed by atoms with Crippen molar-refractivity contribution in [1.82, 2.24) is 0 Å². The molecule has 0 bridgehead atoms. The molecular weight excluding hydrogens is 398 g/mol. The van der Waals surface area contributed by atoms with Crippen molar-refractivity contribution in [3.05, 3.63) is 107 Å². The fraction of sp³-hybridized carbons (Fsp3) is 0.120. The van der Waals surface area contributed by atoms with Crippen molar-refractivity contribution in [2.24, 2.45) is 0 Å². The highest BCUT2D eigenvalue weighted by Crippen LogP contribution is 2.43. The molecule has 5 heteroatoms. The third-order valence-corrected chi connectivity index (χ3v) is 5.59. The number of benzene rings is 3. The number of carbonyl (C=O) groups excluding carboxylic acids is 2. The lowest BCUT2D eigenvalue weighted by Gasteiger charge is -2.22. The number of nitrogens with zero attached hydrogens (tertiary/aromatic N) is 1. The Labute approximate surface area is 180 Å². The average molecular weight is 418 g/mol. The smallest absolute Gasteiger partial charge is 0.264 e. The van der Waals surface area contributed by atoms with Crippen LogP contribution in [0.15, 0.2) is 84.9 Å². The van der Waals surface area contributed by atoms with Gasteiger partial charge in [0.05, 0.1) is 18.7 Å². The molecule has 1 aliphatic heterocycles. The number of fused-ring (bicyclic) bond motifs is 1. The second-order valence-corrected chi connectivity index (χ2v) is 7.65. The molecule has 1 N–H and O–H groups in total. The third kappa shape index (κ3) is 3.80. The molecule has 0 spiro atoms. The van der Waals surface area contributed by atoms with Gasteiger partial charge >= 0.3 is 0 Å². The topological polar surface area (TPSA) is 57.6 Å². The molecule has 1 atom stereocenters. The molecule has 0 saturated carbocycles. The summed E-state index contributed by atoms with van der Waals surface area (Å²) in [6.07, 6.45) is 2.75. The summed E-state index contributed by atoms with van der Waals surface area (Å²) in [6, 6.07) is 23.7. The van der Waals surface area contributed by atoms with Crippen LogP contribution >= 0.6 is 11.6 Å². The fourth-order valence-corrected chi connectivity index (χ4v) is 3.89. The van der Waals surface area contributed by atoms with Crippen molar-refractivity contribution >= 4 is 35.1 Å². The summed E-state index contributed by atoms with van der Waals surface area (Å²) in [4.78, 5) is 27.4. The molecule has 4 rings (SSSR count). The van der Waals surface area contributed by atoms with Gasteiger partial charge in [-0.1, -0.05) is 84.4 Å². The Balaban J connectivity index is 1.61. The Morgan fingerprint density at radius 3 is 2.40 bits per heavy atom. The van der Waals surface area contributed by atoms with Crippen LogP contribution in [0.25, 0.3) is 6.08 Å². The van der Waals surface area contributed by atoms with E-state index in [4.69, 9.17) is 11.6 Å². The average Bonchev–Trinajstić information content (AvgIpc) is 2.96. The molecule has 1 amide bonds. The minimum absolute atomic E-state index is 0.214. The van der Waals surface area contributed by atoms with Crippen molar-refractivity contribution in [2.75, 3.05) is 4.90 Å². The minimum Gasteiger partial charge on any atom is -0.375 e. The van der Waals surface area contributed by atoms with Gasteiger partial charge in [0.25, 0.3) is 5.91 Å². The number of ketones is 1. The van der Waals surface area contributed by atoms with Gasteiger partial charge < -0.3 is 10.0 Å². The maximum Gasteiger partial charge on any atom is 0.264 e. The molecular formula is C25H20ClNO3. The molecule has 0 fully saturated rings. The van der Waals surface area contributed by atoms with Gasteiger partial charge in [0.2, 0.25) is 0 Å². The van der Waals surface area contributed by atoms with Gasteiger partial charge in [0.1, 0.15) is 0 Å². The van der Waals surface area contributed by atoms with E-state index >= 15 is 0 Å². The standard InChI is InChI=1S/C25H20ClNO3/c26-22-12-6-4-10-19(22)17-27-23-13-7-5-11-21(23)25(30,24(27)29)16-20(28)15-14-18-8-2-1-3-9-18/h1-15,30H,16-17H2/b15-14+/t25-/m1/s1. The van der Waals surface area contributed by atoms with Gasteiger partial charge in [0, 0.05) is 10.6 Å². The molecule has 4 nitrogen and oxygen atoms in total. The second-order valence-electron chi connectivity index (χ2n) is 7.25. The van der Waals surface area contributed by atoms with Crippen LogP contribution < -0.4 is 4.90 Å². The Kier molecular flexibility index (Phi) is 5.53. The van der Waals surface area contributed by atoms with E-state index in [1.807, 2.05) is 48.5 Å². The number of anilines is 1.